The molecule has 0 bridgehead atoms. The molecule has 0 aliphatic carbocycles. The molecular weight excluding hydrogens is 226 g/mol. The van der Waals surface area contributed by atoms with Gasteiger partial charge in [-0.1, -0.05) is 24.6 Å². The van der Waals surface area contributed by atoms with Gasteiger partial charge in [-0.25, -0.2) is 4.79 Å². The average Bonchev–Trinajstić information content (AvgIpc) is 2.29. The number of benzene rings is 1. The van der Waals surface area contributed by atoms with Crippen LogP contribution in [-0.2, 0) is 9.53 Å². The van der Waals surface area contributed by atoms with Crippen LogP contribution in [0.2, 0.25) is 5.02 Å². The largest absolute Gasteiger partial charge is 0.467 e. The molecule has 1 atom stereocenters. The quantitative estimate of drug-likeness (QED) is 0.824. The predicted molar refractivity (Wildman–Crippen MR) is 65.9 cm³/mol. The molecule has 0 amide bonds. The Hall–Kier alpha value is -1.22. The van der Waals surface area contributed by atoms with E-state index < -0.39 is 0 Å². The normalized spacial score (nSPS) is 12.0. The van der Waals surface area contributed by atoms with E-state index in [1.165, 1.54) is 7.11 Å². The fourth-order valence-electron chi connectivity index (χ4n) is 1.35. The zero-order valence-electron chi connectivity index (χ0n) is 9.71. The number of hydrogen-bond donors (Lipinski definition) is 1. The van der Waals surface area contributed by atoms with Gasteiger partial charge in [0, 0.05) is 10.7 Å². The second-order valence-electron chi connectivity index (χ2n) is 3.59. The van der Waals surface area contributed by atoms with Crippen molar-refractivity contribution in [2.45, 2.75) is 26.3 Å². The topological polar surface area (TPSA) is 38.3 Å². The molecule has 0 aliphatic heterocycles. The first kappa shape index (κ1) is 12.8. The lowest BCUT2D eigenvalue weighted by Crippen LogP contribution is -2.29. The van der Waals surface area contributed by atoms with Crippen molar-refractivity contribution in [1.82, 2.24) is 0 Å². The Balaban J connectivity index is 2.78. The van der Waals surface area contributed by atoms with Crippen LogP contribution in [-0.4, -0.2) is 19.1 Å². The SMILES string of the molecule is CCC(Nc1ccc(C)c(Cl)c1)C(=O)OC. The maximum atomic E-state index is 11.4. The molecule has 0 aromatic heterocycles. The molecule has 3 nitrogen and oxygen atoms in total. The molecule has 0 radical (unpaired) electrons. The molecule has 1 aromatic carbocycles. The summed E-state index contributed by atoms with van der Waals surface area (Å²) in [5, 5.41) is 3.77. The first-order valence-electron chi connectivity index (χ1n) is 5.19. The van der Waals surface area contributed by atoms with Crippen molar-refractivity contribution in [3.8, 4) is 0 Å². The molecule has 0 spiro atoms. The standard InChI is InChI=1S/C12H16ClNO2/c1-4-11(12(15)16-3)14-9-6-5-8(2)10(13)7-9/h5-7,11,14H,4H2,1-3H3. The van der Waals surface area contributed by atoms with Crippen molar-refractivity contribution < 1.29 is 9.53 Å². The minimum Gasteiger partial charge on any atom is -0.467 e. The minimum absolute atomic E-state index is 0.265. The van der Waals surface area contributed by atoms with Gasteiger partial charge in [0.05, 0.1) is 7.11 Å². The Morgan fingerprint density at radius 3 is 2.75 bits per heavy atom. The first-order chi connectivity index (χ1) is 7.58. The highest BCUT2D eigenvalue weighted by Gasteiger charge is 2.16. The third kappa shape index (κ3) is 3.14. The number of carbonyl (C=O) groups is 1. The number of methoxy groups -OCH3 is 1. The van der Waals surface area contributed by atoms with Gasteiger partial charge in [-0.2, -0.15) is 0 Å². The molecule has 88 valence electrons. The zero-order chi connectivity index (χ0) is 12.1. The zero-order valence-corrected chi connectivity index (χ0v) is 10.5. The summed E-state index contributed by atoms with van der Waals surface area (Å²) in [7, 11) is 1.38. The van der Waals surface area contributed by atoms with Gasteiger partial charge in [0.1, 0.15) is 6.04 Å². The van der Waals surface area contributed by atoms with Crippen LogP contribution < -0.4 is 5.32 Å². The minimum atomic E-state index is -0.330. The fraction of sp³-hybridized carbons (Fsp3) is 0.417. The van der Waals surface area contributed by atoms with E-state index >= 15 is 0 Å². The van der Waals surface area contributed by atoms with E-state index in [4.69, 9.17) is 16.3 Å². The van der Waals surface area contributed by atoms with Gasteiger partial charge in [0.2, 0.25) is 0 Å². The second kappa shape index (κ2) is 5.75. The number of carbonyl (C=O) groups excluding carboxylic acids is 1. The first-order valence-corrected chi connectivity index (χ1v) is 5.56. The molecule has 1 aromatic rings. The molecular formula is C12H16ClNO2. The summed E-state index contributed by atoms with van der Waals surface area (Å²) in [5.74, 6) is -0.265. The number of anilines is 1. The van der Waals surface area contributed by atoms with Crippen molar-refractivity contribution in [3.63, 3.8) is 0 Å². The van der Waals surface area contributed by atoms with Crippen LogP contribution >= 0.6 is 11.6 Å². The Kier molecular flexibility index (Phi) is 4.62. The smallest absolute Gasteiger partial charge is 0.328 e. The highest BCUT2D eigenvalue weighted by Crippen LogP contribution is 2.21. The van der Waals surface area contributed by atoms with Crippen molar-refractivity contribution in [2.75, 3.05) is 12.4 Å². The van der Waals surface area contributed by atoms with E-state index in [2.05, 4.69) is 5.32 Å². The van der Waals surface area contributed by atoms with Crippen LogP contribution in [0.1, 0.15) is 18.9 Å². The van der Waals surface area contributed by atoms with Gasteiger partial charge < -0.3 is 10.1 Å². The summed E-state index contributed by atoms with van der Waals surface area (Å²) in [6.07, 6.45) is 0.665. The number of esters is 1. The maximum Gasteiger partial charge on any atom is 0.328 e. The lowest BCUT2D eigenvalue weighted by atomic mass is 10.2. The van der Waals surface area contributed by atoms with E-state index in [1.807, 2.05) is 32.0 Å². The molecule has 0 heterocycles. The van der Waals surface area contributed by atoms with E-state index in [-0.39, 0.29) is 12.0 Å². The molecule has 0 saturated carbocycles. The summed E-state index contributed by atoms with van der Waals surface area (Å²) in [4.78, 5) is 11.4. The number of ether oxygens (including phenoxy) is 1. The number of rotatable bonds is 4. The number of halogens is 1. The van der Waals surface area contributed by atoms with Gasteiger partial charge in [-0.05, 0) is 31.0 Å². The van der Waals surface area contributed by atoms with Crippen LogP contribution in [0.5, 0.6) is 0 Å². The monoisotopic (exact) mass is 241 g/mol. The highest BCUT2D eigenvalue weighted by molar-refractivity contribution is 6.31. The van der Waals surface area contributed by atoms with Gasteiger partial charge in [0.25, 0.3) is 0 Å². The number of nitrogens with one attached hydrogen (secondary N) is 1. The molecule has 1 rings (SSSR count). The third-order valence-corrected chi connectivity index (χ3v) is 2.81. The summed E-state index contributed by atoms with van der Waals surface area (Å²) < 4.78 is 4.69. The molecule has 0 saturated heterocycles. The summed E-state index contributed by atoms with van der Waals surface area (Å²) in [6.45, 7) is 3.86. The van der Waals surface area contributed by atoms with E-state index in [1.54, 1.807) is 0 Å². The molecule has 0 aliphatic rings. The van der Waals surface area contributed by atoms with E-state index in [0.717, 1.165) is 11.3 Å². The molecule has 1 N–H and O–H groups in total. The van der Waals surface area contributed by atoms with Gasteiger partial charge in [-0.15, -0.1) is 0 Å². The molecule has 0 fully saturated rings. The van der Waals surface area contributed by atoms with Crippen molar-refractivity contribution in [2.24, 2.45) is 0 Å². The van der Waals surface area contributed by atoms with Crippen LogP contribution in [0.25, 0.3) is 0 Å². The summed E-state index contributed by atoms with van der Waals surface area (Å²) >= 11 is 6.00. The average molecular weight is 242 g/mol. The van der Waals surface area contributed by atoms with Gasteiger partial charge >= 0.3 is 5.97 Å². The second-order valence-corrected chi connectivity index (χ2v) is 4.00. The summed E-state index contributed by atoms with van der Waals surface area (Å²) in [5.41, 5.74) is 1.84. The van der Waals surface area contributed by atoms with Crippen molar-refractivity contribution in [1.29, 1.82) is 0 Å². The van der Waals surface area contributed by atoms with E-state index in [9.17, 15) is 4.79 Å². The molecule has 16 heavy (non-hydrogen) atoms. The third-order valence-electron chi connectivity index (χ3n) is 2.41. The molecule has 1 unspecified atom stereocenters. The van der Waals surface area contributed by atoms with Crippen LogP contribution in [0.4, 0.5) is 5.69 Å². The van der Waals surface area contributed by atoms with Crippen molar-refractivity contribution >= 4 is 23.3 Å². The summed E-state index contributed by atoms with van der Waals surface area (Å²) in [6, 6.07) is 5.29. The Morgan fingerprint density at radius 1 is 1.56 bits per heavy atom. The van der Waals surface area contributed by atoms with Gasteiger partial charge in [0.15, 0.2) is 0 Å². The van der Waals surface area contributed by atoms with E-state index in [0.29, 0.717) is 11.4 Å². The van der Waals surface area contributed by atoms with Crippen LogP contribution in [0, 0.1) is 6.92 Å². The Bertz CT molecular complexity index is 379. The lowest BCUT2D eigenvalue weighted by molar-refractivity contribution is -0.141. The van der Waals surface area contributed by atoms with Crippen LogP contribution in [0.3, 0.4) is 0 Å². The number of aryl methyl sites for hydroxylation is 1. The van der Waals surface area contributed by atoms with Gasteiger partial charge in [-0.3, -0.25) is 0 Å². The fourth-order valence-corrected chi connectivity index (χ4v) is 1.53. The highest BCUT2D eigenvalue weighted by atomic mass is 35.5. The lowest BCUT2D eigenvalue weighted by Gasteiger charge is -2.16. The number of hydrogen-bond acceptors (Lipinski definition) is 3. The predicted octanol–water partition coefficient (Wildman–Crippen LogP) is 3.01. The maximum absolute atomic E-state index is 11.4. The Morgan fingerprint density at radius 2 is 2.25 bits per heavy atom. The van der Waals surface area contributed by atoms with Crippen LogP contribution in [0.15, 0.2) is 18.2 Å². The van der Waals surface area contributed by atoms with Crippen molar-refractivity contribution in [3.05, 3.63) is 28.8 Å². The molecule has 4 heteroatoms. The Labute approximate surface area is 101 Å².